The first-order valence-electron chi connectivity index (χ1n) is 8.81. The number of hydrogen-bond donors (Lipinski definition) is 3. The molecule has 3 aromatic rings. The monoisotopic (exact) mass is 353 g/mol. The van der Waals surface area contributed by atoms with Crippen molar-refractivity contribution in [2.75, 3.05) is 23.7 Å². The minimum absolute atomic E-state index is 0.131. The van der Waals surface area contributed by atoms with Gasteiger partial charge in [0.15, 0.2) is 5.65 Å². The normalized spacial score (nSPS) is 13.0. The summed E-state index contributed by atoms with van der Waals surface area (Å²) in [5.41, 5.74) is 8.27. The predicted molar refractivity (Wildman–Crippen MR) is 106 cm³/mol. The maximum atomic E-state index is 6.27. The lowest BCUT2D eigenvalue weighted by Crippen LogP contribution is -2.22. The van der Waals surface area contributed by atoms with Gasteiger partial charge in [0, 0.05) is 26.2 Å². The Kier molecular flexibility index (Phi) is 5.08. The van der Waals surface area contributed by atoms with Crippen LogP contribution in [0.4, 0.5) is 11.8 Å². The second-order valence-electron chi connectivity index (χ2n) is 7.71. The van der Waals surface area contributed by atoms with E-state index in [0.717, 1.165) is 29.0 Å². The maximum absolute atomic E-state index is 6.27. The zero-order chi connectivity index (χ0) is 18.7. The Morgan fingerprint density at radius 3 is 2.54 bits per heavy atom. The highest BCUT2D eigenvalue weighted by molar-refractivity contribution is 5.87. The minimum Gasteiger partial charge on any atom is -0.369 e. The smallest absolute Gasteiger partial charge is 0.226 e. The zero-order valence-corrected chi connectivity index (χ0v) is 15.8. The molecule has 26 heavy (non-hydrogen) atoms. The first kappa shape index (κ1) is 18.1. The molecular weight excluding hydrogens is 326 g/mol. The molecule has 1 aromatic carbocycles. The molecule has 0 amide bonds. The molecule has 0 fully saturated rings. The van der Waals surface area contributed by atoms with E-state index in [1.807, 2.05) is 37.4 Å². The minimum atomic E-state index is -0.131. The number of fused-ring (bicyclic) bond motifs is 1. The molecule has 7 nitrogen and oxygen atoms in total. The predicted octanol–water partition coefficient (Wildman–Crippen LogP) is 2.93. The lowest BCUT2D eigenvalue weighted by molar-refractivity contribution is 0.442. The number of hydrogen-bond acceptors (Lipinski definition) is 6. The molecule has 0 bridgehead atoms. The van der Waals surface area contributed by atoms with Gasteiger partial charge in [0.1, 0.15) is 5.82 Å². The molecule has 0 saturated heterocycles. The van der Waals surface area contributed by atoms with Gasteiger partial charge in [-0.05, 0) is 11.0 Å². The summed E-state index contributed by atoms with van der Waals surface area (Å²) < 4.78 is 1.75. The Morgan fingerprint density at radius 1 is 1.12 bits per heavy atom. The Bertz CT molecular complexity index is 865. The summed E-state index contributed by atoms with van der Waals surface area (Å²) in [4.78, 5) is 9.23. The number of rotatable bonds is 6. The van der Waals surface area contributed by atoms with Crippen molar-refractivity contribution in [3.05, 3.63) is 42.1 Å². The van der Waals surface area contributed by atoms with Gasteiger partial charge in [0.05, 0.1) is 11.6 Å². The number of nitrogens with one attached hydrogen (secondary N) is 2. The van der Waals surface area contributed by atoms with Crippen LogP contribution >= 0.6 is 0 Å². The summed E-state index contributed by atoms with van der Waals surface area (Å²) in [6.07, 6.45) is 1.79. The highest BCUT2D eigenvalue weighted by Gasteiger charge is 2.15. The van der Waals surface area contributed by atoms with Crippen molar-refractivity contribution >= 4 is 22.8 Å². The fourth-order valence-electron chi connectivity index (χ4n) is 2.60. The van der Waals surface area contributed by atoms with Gasteiger partial charge in [0.2, 0.25) is 5.95 Å². The lowest BCUT2D eigenvalue weighted by Gasteiger charge is -2.20. The highest BCUT2D eigenvalue weighted by atomic mass is 15.3. The number of aryl methyl sites for hydroxylation is 1. The second-order valence-corrected chi connectivity index (χ2v) is 7.71. The molecule has 1 atom stereocenters. The molecule has 0 aliphatic heterocycles. The maximum Gasteiger partial charge on any atom is 0.226 e. The molecule has 4 N–H and O–H groups in total. The average Bonchev–Trinajstić information content (AvgIpc) is 2.99. The quantitative estimate of drug-likeness (QED) is 0.631. The van der Waals surface area contributed by atoms with Gasteiger partial charge in [-0.1, -0.05) is 51.1 Å². The third-order valence-electron chi connectivity index (χ3n) is 4.09. The van der Waals surface area contributed by atoms with Crippen molar-refractivity contribution in [3.63, 3.8) is 0 Å². The lowest BCUT2D eigenvalue weighted by atomic mass is 9.97. The van der Waals surface area contributed by atoms with Crippen molar-refractivity contribution in [3.8, 4) is 0 Å². The summed E-state index contributed by atoms with van der Waals surface area (Å²) in [7, 11) is 1.88. The van der Waals surface area contributed by atoms with Crippen LogP contribution in [0.15, 0.2) is 36.5 Å². The van der Waals surface area contributed by atoms with Gasteiger partial charge in [-0.25, -0.2) is 0 Å². The average molecular weight is 353 g/mol. The van der Waals surface area contributed by atoms with Crippen molar-refractivity contribution in [1.29, 1.82) is 0 Å². The largest absolute Gasteiger partial charge is 0.369 e. The third kappa shape index (κ3) is 4.29. The number of anilines is 2. The fourth-order valence-corrected chi connectivity index (χ4v) is 2.60. The van der Waals surface area contributed by atoms with Crippen LogP contribution in [0.25, 0.3) is 11.0 Å². The van der Waals surface area contributed by atoms with E-state index in [1.165, 1.54) is 0 Å². The van der Waals surface area contributed by atoms with Crippen LogP contribution < -0.4 is 16.4 Å². The van der Waals surface area contributed by atoms with Gasteiger partial charge in [-0.2, -0.15) is 15.1 Å². The van der Waals surface area contributed by atoms with Crippen LogP contribution in [0.2, 0.25) is 0 Å². The molecule has 0 saturated carbocycles. The topological polar surface area (TPSA) is 93.7 Å². The van der Waals surface area contributed by atoms with Crippen LogP contribution in [0.5, 0.6) is 0 Å². The van der Waals surface area contributed by atoms with E-state index in [1.54, 1.807) is 10.9 Å². The van der Waals surface area contributed by atoms with Crippen molar-refractivity contribution in [2.45, 2.75) is 26.8 Å². The molecule has 0 aliphatic rings. The van der Waals surface area contributed by atoms with Crippen molar-refractivity contribution in [2.24, 2.45) is 18.2 Å². The Morgan fingerprint density at radius 2 is 1.85 bits per heavy atom. The van der Waals surface area contributed by atoms with E-state index < -0.39 is 0 Å². The molecule has 2 heterocycles. The van der Waals surface area contributed by atoms with Crippen LogP contribution in [-0.2, 0) is 7.05 Å². The third-order valence-corrected chi connectivity index (χ3v) is 4.09. The van der Waals surface area contributed by atoms with Crippen LogP contribution in [0.3, 0.4) is 0 Å². The summed E-state index contributed by atoms with van der Waals surface area (Å²) in [6, 6.07) is 9.87. The van der Waals surface area contributed by atoms with Crippen LogP contribution in [0.1, 0.15) is 32.4 Å². The first-order valence-corrected chi connectivity index (χ1v) is 8.81. The van der Waals surface area contributed by atoms with E-state index in [9.17, 15) is 0 Å². The molecule has 138 valence electrons. The molecule has 7 heteroatoms. The van der Waals surface area contributed by atoms with E-state index in [0.29, 0.717) is 12.5 Å². The summed E-state index contributed by atoms with van der Waals surface area (Å²) in [5.74, 6) is 1.33. The number of aromatic nitrogens is 4. The van der Waals surface area contributed by atoms with Gasteiger partial charge in [0.25, 0.3) is 0 Å². The number of nitrogens with zero attached hydrogens (tertiary/aromatic N) is 4. The second kappa shape index (κ2) is 7.29. The van der Waals surface area contributed by atoms with Gasteiger partial charge in [-0.3, -0.25) is 4.68 Å². The highest BCUT2D eigenvalue weighted by Crippen LogP contribution is 2.23. The molecule has 0 unspecified atom stereocenters. The Balaban J connectivity index is 1.80. The van der Waals surface area contributed by atoms with Crippen LogP contribution in [0, 0.1) is 5.41 Å². The van der Waals surface area contributed by atoms with E-state index >= 15 is 0 Å². The summed E-state index contributed by atoms with van der Waals surface area (Å²) >= 11 is 0. The van der Waals surface area contributed by atoms with E-state index in [-0.39, 0.29) is 11.5 Å². The summed E-state index contributed by atoms with van der Waals surface area (Å²) in [5, 5.41) is 11.9. The van der Waals surface area contributed by atoms with Gasteiger partial charge in [-0.15, -0.1) is 0 Å². The van der Waals surface area contributed by atoms with Gasteiger partial charge >= 0.3 is 0 Å². The zero-order valence-electron chi connectivity index (χ0n) is 15.8. The van der Waals surface area contributed by atoms with Gasteiger partial charge < -0.3 is 16.4 Å². The first-order chi connectivity index (χ1) is 12.3. The van der Waals surface area contributed by atoms with Crippen LogP contribution in [-0.4, -0.2) is 32.8 Å². The molecule has 0 spiro atoms. The summed E-state index contributed by atoms with van der Waals surface area (Å²) in [6.45, 7) is 7.89. The SMILES string of the molecule is Cn1ncc2c(NCC(C)(C)C)nc(NC[C@H](N)c3ccccc3)nc21. The number of nitrogens with two attached hydrogens (primary N) is 1. The van der Waals surface area contributed by atoms with E-state index in [4.69, 9.17) is 5.73 Å². The van der Waals surface area contributed by atoms with Crippen molar-refractivity contribution < 1.29 is 0 Å². The Hall–Kier alpha value is -2.67. The molecular formula is C19H27N7. The fraction of sp³-hybridized carbons (Fsp3) is 0.421. The Labute approximate surface area is 154 Å². The van der Waals surface area contributed by atoms with E-state index in [2.05, 4.69) is 46.5 Å². The molecule has 0 aliphatic carbocycles. The molecule has 2 aromatic heterocycles. The van der Waals surface area contributed by atoms with Crippen molar-refractivity contribution in [1.82, 2.24) is 19.7 Å². The number of benzene rings is 1. The molecule has 0 radical (unpaired) electrons. The standard InChI is InChI=1S/C19H27N7/c1-19(2,3)12-22-16-14-10-23-26(4)17(14)25-18(24-16)21-11-15(20)13-8-6-5-7-9-13/h5-10,15H,11-12,20H2,1-4H3,(H2,21,22,24,25)/t15-/m0/s1. The molecule has 3 rings (SSSR count).